The molecule has 0 spiro atoms. The zero-order chi connectivity index (χ0) is 24.1. The monoisotopic (exact) mass is 480 g/mol. The third-order valence-electron chi connectivity index (χ3n) is 7.71. The Labute approximate surface area is 209 Å². The molecule has 8 nitrogen and oxygen atoms in total. The van der Waals surface area contributed by atoms with Crippen LogP contribution in [-0.4, -0.2) is 51.4 Å². The van der Waals surface area contributed by atoms with Gasteiger partial charge in [-0.2, -0.15) is 4.98 Å². The Hall–Kier alpha value is -3.78. The number of oxazole rings is 1. The largest absolute Gasteiger partial charge is 0.417 e. The summed E-state index contributed by atoms with van der Waals surface area (Å²) in [6.45, 7) is 4.03. The lowest BCUT2D eigenvalue weighted by atomic mass is 10.0. The normalized spacial score (nSPS) is 21.7. The quantitative estimate of drug-likeness (QED) is 0.439. The maximum absolute atomic E-state index is 12.0. The van der Waals surface area contributed by atoms with E-state index in [2.05, 4.69) is 55.4 Å². The van der Waals surface area contributed by atoms with Gasteiger partial charge in [0.05, 0.1) is 0 Å². The first-order valence-electron chi connectivity index (χ1n) is 12.8. The summed E-state index contributed by atoms with van der Waals surface area (Å²) in [4.78, 5) is 30.8. The average Bonchev–Trinajstić information content (AvgIpc) is 3.37. The Morgan fingerprint density at radius 2 is 1.83 bits per heavy atom. The van der Waals surface area contributed by atoms with Crippen LogP contribution in [0, 0.1) is 11.8 Å². The summed E-state index contributed by atoms with van der Waals surface area (Å²) in [5.74, 6) is 2.26. The summed E-state index contributed by atoms with van der Waals surface area (Å²) < 4.78 is 6.03. The van der Waals surface area contributed by atoms with Gasteiger partial charge < -0.3 is 14.6 Å². The van der Waals surface area contributed by atoms with Crippen molar-refractivity contribution in [3.8, 4) is 11.5 Å². The second kappa shape index (κ2) is 8.71. The molecule has 2 unspecified atom stereocenters. The smallest absolute Gasteiger partial charge is 0.252 e. The van der Waals surface area contributed by atoms with E-state index >= 15 is 0 Å². The van der Waals surface area contributed by atoms with Crippen molar-refractivity contribution in [2.45, 2.75) is 31.8 Å². The van der Waals surface area contributed by atoms with Crippen molar-refractivity contribution >= 4 is 28.6 Å². The number of aromatic nitrogens is 3. The van der Waals surface area contributed by atoms with Gasteiger partial charge in [-0.25, -0.2) is 9.97 Å². The van der Waals surface area contributed by atoms with Crippen LogP contribution in [0.3, 0.4) is 0 Å². The molecule has 2 aromatic heterocycles. The standard InChI is InChI=1S/C28H28N6O2/c35-26(19-6-7-19)31-22-10-8-20(9-11-22)27-32-24-25(29-17-30-28(24)36-27)34-15-21-12-13-33(23(21)16-34)14-18-4-2-1-3-5-18/h1-5,8-11,17,19,21,23H,6-7,12-16H2,(H,31,35). The van der Waals surface area contributed by atoms with Crippen LogP contribution in [0.4, 0.5) is 11.5 Å². The van der Waals surface area contributed by atoms with Crippen LogP contribution in [0.5, 0.6) is 0 Å². The minimum absolute atomic E-state index is 0.0993. The van der Waals surface area contributed by atoms with E-state index in [1.54, 1.807) is 6.33 Å². The van der Waals surface area contributed by atoms with E-state index in [-0.39, 0.29) is 11.8 Å². The molecule has 1 saturated carbocycles. The van der Waals surface area contributed by atoms with Gasteiger partial charge in [0.25, 0.3) is 5.71 Å². The molecule has 0 radical (unpaired) electrons. The number of rotatable bonds is 6. The summed E-state index contributed by atoms with van der Waals surface area (Å²) in [5.41, 5.74) is 4.19. The highest BCUT2D eigenvalue weighted by Crippen LogP contribution is 2.37. The summed E-state index contributed by atoms with van der Waals surface area (Å²) in [5, 5.41) is 2.97. The molecule has 1 aliphatic carbocycles. The van der Waals surface area contributed by atoms with Gasteiger partial charge in [-0.3, -0.25) is 9.69 Å². The molecule has 4 aromatic rings. The predicted molar refractivity (Wildman–Crippen MR) is 137 cm³/mol. The molecule has 3 fully saturated rings. The molecule has 8 heteroatoms. The molecule has 7 rings (SSSR count). The van der Waals surface area contributed by atoms with Gasteiger partial charge in [0.2, 0.25) is 11.8 Å². The van der Waals surface area contributed by atoms with Crippen molar-refractivity contribution in [1.82, 2.24) is 19.9 Å². The van der Waals surface area contributed by atoms with Gasteiger partial charge in [0, 0.05) is 42.8 Å². The molecule has 182 valence electrons. The third-order valence-corrected chi connectivity index (χ3v) is 7.71. The van der Waals surface area contributed by atoms with Gasteiger partial charge in [-0.05, 0) is 61.6 Å². The lowest BCUT2D eigenvalue weighted by Crippen LogP contribution is -2.35. The van der Waals surface area contributed by atoms with Crippen LogP contribution >= 0.6 is 0 Å². The van der Waals surface area contributed by atoms with Crippen molar-refractivity contribution < 1.29 is 9.21 Å². The van der Waals surface area contributed by atoms with Gasteiger partial charge in [0.1, 0.15) is 6.33 Å². The fourth-order valence-electron chi connectivity index (χ4n) is 5.62. The Morgan fingerprint density at radius 3 is 2.64 bits per heavy atom. The Kier molecular flexibility index (Phi) is 5.20. The molecule has 36 heavy (non-hydrogen) atoms. The molecule has 2 saturated heterocycles. The number of anilines is 2. The van der Waals surface area contributed by atoms with Gasteiger partial charge in [-0.15, -0.1) is 0 Å². The summed E-state index contributed by atoms with van der Waals surface area (Å²) in [6.07, 6.45) is 4.74. The van der Waals surface area contributed by atoms with Gasteiger partial charge in [-0.1, -0.05) is 30.3 Å². The van der Waals surface area contributed by atoms with E-state index in [1.165, 1.54) is 12.0 Å². The fraction of sp³-hybridized carbons (Fsp3) is 0.357. The van der Waals surface area contributed by atoms with Crippen molar-refractivity contribution in [2.75, 3.05) is 29.9 Å². The van der Waals surface area contributed by atoms with Crippen LogP contribution < -0.4 is 10.2 Å². The number of amides is 1. The Balaban J connectivity index is 1.10. The van der Waals surface area contributed by atoms with E-state index in [9.17, 15) is 4.79 Å². The van der Waals surface area contributed by atoms with Gasteiger partial charge >= 0.3 is 0 Å². The van der Waals surface area contributed by atoms with Crippen molar-refractivity contribution in [2.24, 2.45) is 11.8 Å². The highest BCUT2D eigenvalue weighted by atomic mass is 16.4. The number of carbonyl (C=O) groups is 1. The number of nitrogens with one attached hydrogen (secondary N) is 1. The number of benzene rings is 2. The van der Waals surface area contributed by atoms with E-state index in [0.717, 1.165) is 56.1 Å². The number of hydrogen-bond acceptors (Lipinski definition) is 7. The third kappa shape index (κ3) is 4.01. The molecule has 2 aliphatic heterocycles. The van der Waals surface area contributed by atoms with Gasteiger partial charge in [0.15, 0.2) is 11.3 Å². The maximum atomic E-state index is 12.0. The second-order valence-electron chi connectivity index (χ2n) is 10.2. The number of carbonyl (C=O) groups excluding carboxylic acids is 1. The van der Waals surface area contributed by atoms with Crippen LogP contribution in [-0.2, 0) is 11.3 Å². The molecule has 1 amide bonds. The Bertz CT molecular complexity index is 1400. The molecule has 2 aromatic carbocycles. The number of hydrogen-bond donors (Lipinski definition) is 1. The van der Waals surface area contributed by atoms with Crippen LogP contribution in [0.15, 0.2) is 65.3 Å². The average molecular weight is 481 g/mol. The first-order valence-corrected chi connectivity index (χ1v) is 12.8. The molecule has 0 bridgehead atoms. The highest BCUT2D eigenvalue weighted by Gasteiger charge is 2.42. The fourth-order valence-corrected chi connectivity index (χ4v) is 5.62. The maximum Gasteiger partial charge on any atom is 0.252 e. The first kappa shape index (κ1) is 21.5. The lowest BCUT2D eigenvalue weighted by molar-refractivity contribution is -0.117. The van der Waals surface area contributed by atoms with E-state index in [4.69, 9.17) is 9.40 Å². The zero-order valence-electron chi connectivity index (χ0n) is 20.0. The molecule has 3 aliphatic rings. The van der Waals surface area contributed by atoms with Crippen molar-refractivity contribution in [3.63, 3.8) is 0 Å². The molecule has 2 atom stereocenters. The number of fused-ring (bicyclic) bond motifs is 2. The summed E-state index contributed by atoms with van der Waals surface area (Å²) in [7, 11) is 0. The summed E-state index contributed by atoms with van der Waals surface area (Å²) >= 11 is 0. The van der Waals surface area contributed by atoms with Crippen molar-refractivity contribution in [3.05, 3.63) is 66.5 Å². The van der Waals surface area contributed by atoms with E-state index in [0.29, 0.717) is 29.1 Å². The van der Waals surface area contributed by atoms with E-state index < -0.39 is 0 Å². The number of nitrogens with zero attached hydrogens (tertiary/aromatic N) is 5. The minimum atomic E-state index is 0.0993. The van der Waals surface area contributed by atoms with Crippen LogP contribution in [0.2, 0.25) is 0 Å². The van der Waals surface area contributed by atoms with Crippen LogP contribution in [0.1, 0.15) is 24.8 Å². The summed E-state index contributed by atoms with van der Waals surface area (Å²) in [6, 6.07) is 18.8. The van der Waals surface area contributed by atoms with Crippen LogP contribution in [0.25, 0.3) is 22.7 Å². The zero-order valence-corrected chi connectivity index (χ0v) is 20.0. The second-order valence-corrected chi connectivity index (χ2v) is 10.2. The predicted octanol–water partition coefficient (Wildman–Crippen LogP) is 4.34. The molecule has 4 heterocycles. The number of likely N-dealkylation sites (tertiary alicyclic amines) is 1. The minimum Gasteiger partial charge on any atom is -0.417 e. The molecular formula is C28H28N6O2. The molecule has 1 N–H and O–H groups in total. The van der Waals surface area contributed by atoms with E-state index in [1.807, 2.05) is 24.3 Å². The topological polar surface area (TPSA) is 87.4 Å². The SMILES string of the molecule is O=C(Nc1ccc(-c2nc3c(N4CC5CCN(Cc6ccccc6)C5C4)ncnc3o2)cc1)C1CC1. The Morgan fingerprint density at radius 1 is 1.00 bits per heavy atom. The molecular weight excluding hydrogens is 452 g/mol. The highest BCUT2D eigenvalue weighted by molar-refractivity contribution is 5.94. The van der Waals surface area contributed by atoms with Crippen molar-refractivity contribution in [1.29, 1.82) is 0 Å². The first-order chi connectivity index (χ1) is 17.7. The lowest BCUT2D eigenvalue weighted by Gasteiger charge is -2.25.